The molecule has 2 heterocycles. The fourth-order valence-electron chi connectivity index (χ4n) is 2.14. The van der Waals surface area contributed by atoms with E-state index in [1.54, 1.807) is 12.3 Å². The van der Waals surface area contributed by atoms with Crippen LogP contribution in [0.2, 0.25) is 0 Å². The van der Waals surface area contributed by atoms with E-state index in [0.717, 1.165) is 5.56 Å². The van der Waals surface area contributed by atoms with E-state index in [9.17, 15) is 9.59 Å². The smallest absolute Gasteiger partial charge is 0.311 e. The van der Waals surface area contributed by atoms with Crippen LogP contribution in [0.5, 0.6) is 0 Å². The SMILES string of the molecule is CCOC(=O)Cc1csc(/N=C2/NC(=O)C(c3ccccc3)S2)n1. The number of nitrogens with zero attached hydrogens (tertiary/aromatic N) is 2. The normalized spacial score (nSPS) is 18.6. The van der Waals surface area contributed by atoms with E-state index in [-0.39, 0.29) is 23.5 Å². The summed E-state index contributed by atoms with van der Waals surface area (Å²) in [5, 5.41) is 5.26. The molecule has 1 unspecified atom stereocenters. The second kappa shape index (κ2) is 7.59. The first-order valence-corrected chi connectivity index (χ1v) is 9.13. The molecule has 0 aliphatic carbocycles. The Hall–Kier alpha value is -2.19. The van der Waals surface area contributed by atoms with Crippen LogP contribution in [0.4, 0.5) is 5.13 Å². The van der Waals surface area contributed by atoms with Crippen molar-refractivity contribution in [2.24, 2.45) is 4.99 Å². The number of rotatable bonds is 5. The van der Waals surface area contributed by atoms with Crippen LogP contribution in [0.25, 0.3) is 0 Å². The molecule has 0 saturated carbocycles. The first kappa shape index (κ1) is 16.7. The highest BCUT2D eigenvalue weighted by Crippen LogP contribution is 2.35. The Bertz CT molecular complexity index is 774. The quantitative estimate of drug-likeness (QED) is 0.828. The summed E-state index contributed by atoms with van der Waals surface area (Å²) < 4.78 is 4.89. The van der Waals surface area contributed by atoms with Crippen LogP contribution in [0.3, 0.4) is 0 Å². The van der Waals surface area contributed by atoms with Gasteiger partial charge in [0.25, 0.3) is 0 Å². The Morgan fingerprint density at radius 2 is 2.17 bits per heavy atom. The molecular weight excluding hydrogens is 346 g/mol. The summed E-state index contributed by atoms with van der Waals surface area (Å²) in [5.74, 6) is -0.400. The van der Waals surface area contributed by atoms with Gasteiger partial charge in [-0.1, -0.05) is 42.1 Å². The maximum Gasteiger partial charge on any atom is 0.311 e. The number of amidine groups is 1. The standard InChI is InChI=1S/C16H15N3O3S2/c1-2-22-12(20)8-11-9-23-15(17-11)19-16-18-14(21)13(24-16)10-6-4-3-5-7-10/h3-7,9,13H,2,8H2,1H3,(H,17,18,19,21). The molecule has 1 saturated heterocycles. The number of thioether (sulfide) groups is 1. The molecule has 8 heteroatoms. The van der Waals surface area contributed by atoms with Gasteiger partial charge in [0.05, 0.1) is 18.7 Å². The molecule has 1 aromatic carbocycles. The minimum atomic E-state index is -0.310. The minimum absolute atomic E-state index is 0.0896. The third kappa shape index (κ3) is 4.01. The molecule has 124 valence electrons. The van der Waals surface area contributed by atoms with Crippen LogP contribution >= 0.6 is 23.1 Å². The second-order valence-corrected chi connectivity index (χ2v) is 6.85. The van der Waals surface area contributed by atoms with Crippen LogP contribution < -0.4 is 5.32 Å². The average molecular weight is 361 g/mol. The summed E-state index contributed by atoms with van der Waals surface area (Å²) in [6, 6.07) is 9.56. The predicted molar refractivity (Wildman–Crippen MR) is 94.5 cm³/mol. The zero-order chi connectivity index (χ0) is 16.9. The maximum absolute atomic E-state index is 12.1. The highest BCUT2D eigenvalue weighted by Gasteiger charge is 2.31. The molecule has 1 atom stereocenters. The molecule has 2 aromatic rings. The lowest BCUT2D eigenvalue weighted by Crippen LogP contribution is -2.21. The molecule has 0 spiro atoms. The van der Waals surface area contributed by atoms with Crippen molar-refractivity contribution in [3.05, 3.63) is 47.0 Å². The maximum atomic E-state index is 12.1. The Balaban J connectivity index is 1.68. The van der Waals surface area contributed by atoms with Gasteiger partial charge in [-0.15, -0.1) is 11.3 Å². The monoisotopic (exact) mass is 361 g/mol. The van der Waals surface area contributed by atoms with Crippen LogP contribution in [-0.4, -0.2) is 28.6 Å². The van der Waals surface area contributed by atoms with E-state index >= 15 is 0 Å². The fraction of sp³-hybridized carbons (Fsp3) is 0.250. The lowest BCUT2D eigenvalue weighted by atomic mass is 10.1. The van der Waals surface area contributed by atoms with Crippen molar-refractivity contribution in [2.75, 3.05) is 6.61 Å². The number of hydrogen-bond donors (Lipinski definition) is 1. The van der Waals surface area contributed by atoms with E-state index in [0.29, 0.717) is 22.6 Å². The van der Waals surface area contributed by atoms with Crippen molar-refractivity contribution in [2.45, 2.75) is 18.6 Å². The van der Waals surface area contributed by atoms with Gasteiger partial charge in [-0.3, -0.25) is 9.59 Å². The minimum Gasteiger partial charge on any atom is -0.466 e. The van der Waals surface area contributed by atoms with E-state index in [2.05, 4.69) is 15.3 Å². The number of nitrogens with one attached hydrogen (secondary N) is 1. The van der Waals surface area contributed by atoms with Crippen molar-refractivity contribution in [1.29, 1.82) is 0 Å². The molecule has 6 nitrogen and oxygen atoms in total. The Morgan fingerprint density at radius 3 is 2.92 bits per heavy atom. The van der Waals surface area contributed by atoms with E-state index in [1.807, 2.05) is 30.3 Å². The van der Waals surface area contributed by atoms with Gasteiger partial charge in [0.1, 0.15) is 5.25 Å². The predicted octanol–water partition coefficient (Wildman–Crippen LogP) is 2.84. The summed E-state index contributed by atoms with van der Waals surface area (Å²) in [6.45, 7) is 2.11. The van der Waals surface area contributed by atoms with E-state index in [1.165, 1.54) is 23.1 Å². The summed E-state index contributed by atoms with van der Waals surface area (Å²) in [7, 11) is 0. The average Bonchev–Trinajstić information content (AvgIpc) is 3.15. The van der Waals surface area contributed by atoms with Crippen LogP contribution in [0.15, 0.2) is 40.7 Å². The number of thiazole rings is 1. The summed E-state index contributed by atoms with van der Waals surface area (Å²) >= 11 is 2.69. The van der Waals surface area contributed by atoms with E-state index < -0.39 is 0 Å². The molecule has 1 aliphatic heterocycles. The Labute approximate surface area is 147 Å². The van der Waals surface area contributed by atoms with Crippen LogP contribution in [0, 0.1) is 0 Å². The molecule has 1 aromatic heterocycles. The van der Waals surface area contributed by atoms with Gasteiger partial charge < -0.3 is 10.1 Å². The molecule has 1 fully saturated rings. The molecule has 1 N–H and O–H groups in total. The van der Waals surface area contributed by atoms with Gasteiger partial charge in [0.2, 0.25) is 11.0 Å². The van der Waals surface area contributed by atoms with Crippen LogP contribution in [-0.2, 0) is 20.7 Å². The summed E-state index contributed by atoms with van der Waals surface area (Å²) in [5.41, 5.74) is 1.55. The lowest BCUT2D eigenvalue weighted by molar-refractivity contribution is -0.142. The van der Waals surface area contributed by atoms with Crippen molar-refractivity contribution in [3.63, 3.8) is 0 Å². The number of benzene rings is 1. The molecule has 24 heavy (non-hydrogen) atoms. The van der Waals surface area contributed by atoms with Crippen molar-refractivity contribution in [1.82, 2.24) is 10.3 Å². The Morgan fingerprint density at radius 1 is 1.38 bits per heavy atom. The van der Waals surface area contributed by atoms with Gasteiger partial charge in [0, 0.05) is 5.38 Å². The first-order valence-electron chi connectivity index (χ1n) is 7.37. The highest BCUT2D eigenvalue weighted by atomic mass is 32.2. The number of esters is 1. The van der Waals surface area contributed by atoms with Gasteiger partial charge >= 0.3 is 5.97 Å². The Kier molecular flexibility index (Phi) is 5.27. The van der Waals surface area contributed by atoms with Crippen molar-refractivity contribution < 1.29 is 14.3 Å². The zero-order valence-electron chi connectivity index (χ0n) is 12.9. The van der Waals surface area contributed by atoms with Crippen LogP contribution in [0.1, 0.15) is 23.4 Å². The summed E-state index contributed by atoms with van der Waals surface area (Å²) in [6.07, 6.45) is 0.126. The van der Waals surface area contributed by atoms with E-state index in [4.69, 9.17) is 4.74 Å². The third-order valence-electron chi connectivity index (χ3n) is 3.17. The fourth-order valence-corrected chi connectivity index (χ4v) is 3.87. The first-order chi connectivity index (χ1) is 11.7. The van der Waals surface area contributed by atoms with Gasteiger partial charge in [-0.05, 0) is 12.5 Å². The van der Waals surface area contributed by atoms with Crippen molar-refractivity contribution in [3.8, 4) is 0 Å². The number of ether oxygens (including phenoxy) is 1. The largest absolute Gasteiger partial charge is 0.466 e. The van der Waals surface area contributed by atoms with Gasteiger partial charge in [-0.2, -0.15) is 4.99 Å². The number of aromatic nitrogens is 1. The number of amides is 1. The number of aliphatic imine (C=N–C) groups is 1. The second-order valence-electron chi connectivity index (χ2n) is 4.92. The zero-order valence-corrected chi connectivity index (χ0v) is 14.5. The molecule has 3 rings (SSSR count). The topological polar surface area (TPSA) is 80.6 Å². The number of carbonyl (C=O) groups excluding carboxylic acids is 2. The van der Waals surface area contributed by atoms with Crippen molar-refractivity contribution >= 4 is 45.3 Å². The van der Waals surface area contributed by atoms with Gasteiger partial charge in [-0.25, -0.2) is 4.98 Å². The molecule has 0 radical (unpaired) electrons. The number of carbonyl (C=O) groups is 2. The molecule has 1 amide bonds. The molecule has 0 bridgehead atoms. The molecular formula is C16H15N3O3S2. The molecule has 1 aliphatic rings. The third-order valence-corrected chi connectivity index (χ3v) is 5.09. The van der Waals surface area contributed by atoms with Gasteiger partial charge in [0.15, 0.2) is 5.17 Å². The summed E-state index contributed by atoms with van der Waals surface area (Å²) in [4.78, 5) is 32.2. The number of hydrogen-bond acceptors (Lipinski definition) is 7. The highest BCUT2D eigenvalue weighted by molar-refractivity contribution is 8.15. The lowest BCUT2D eigenvalue weighted by Gasteiger charge is -2.03.